The van der Waals surface area contributed by atoms with E-state index in [0.717, 1.165) is 5.56 Å². The summed E-state index contributed by atoms with van der Waals surface area (Å²) in [6.45, 7) is 3.41. The Bertz CT molecular complexity index is 465. The van der Waals surface area contributed by atoms with Gasteiger partial charge in [-0.1, -0.05) is 0 Å². The molecule has 1 aliphatic heterocycles. The molecule has 0 spiro atoms. The van der Waals surface area contributed by atoms with E-state index in [2.05, 4.69) is 5.32 Å². The van der Waals surface area contributed by atoms with E-state index in [9.17, 15) is 9.59 Å². The summed E-state index contributed by atoms with van der Waals surface area (Å²) in [6, 6.07) is 5.32. The molecule has 3 N–H and O–H groups in total. The Morgan fingerprint density at radius 2 is 2.11 bits per heavy atom. The Morgan fingerprint density at radius 1 is 1.33 bits per heavy atom. The van der Waals surface area contributed by atoms with Crippen LogP contribution in [0.1, 0.15) is 22.3 Å². The minimum Gasteiger partial charge on any atom is -0.399 e. The molecule has 5 heteroatoms. The Hall–Kier alpha value is -2.04. The van der Waals surface area contributed by atoms with Gasteiger partial charge < -0.3 is 16.0 Å². The van der Waals surface area contributed by atoms with Crippen molar-refractivity contribution in [1.82, 2.24) is 10.2 Å². The number of rotatable bonds is 1. The highest BCUT2D eigenvalue weighted by molar-refractivity contribution is 5.95. The molecule has 2 rings (SSSR count). The van der Waals surface area contributed by atoms with Gasteiger partial charge in [-0.15, -0.1) is 0 Å². The first-order chi connectivity index (χ1) is 8.56. The lowest BCUT2D eigenvalue weighted by molar-refractivity contribution is -0.120. The van der Waals surface area contributed by atoms with Crippen LogP contribution in [0.2, 0.25) is 0 Å². The van der Waals surface area contributed by atoms with Crippen LogP contribution in [0.3, 0.4) is 0 Å². The van der Waals surface area contributed by atoms with Gasteiger partial charge in [-0.3, -0.25) is 9.59 Å². The SMILES string of the molecule is Cc1cc(N)cc(C(=O)N2CCNC(=O)CC2)c1. The summed E-state index contributed by atoms with van der Waals surface area (Å²) < 4.78 is 0. The number of nitrogen functional groups attached to an aromatic ring is 1. The number of amides is 2. The summed E-state index contributed by atoms with van der Waals surface area (Å²) in [6.07, 6.45) is 0.354. The van der Waals surface area contributed by atoms with Crippen LogP contribution >= 0.6 is 0 Å². The standard InChI is InChI=1S/C13H17N3O2/c1-9-6-10(8-11(14)7-9)13(18)16-4-2-12(17)15-3-5-16/h6-8H,2-5,14H2,1H3,(H,15,17). The molecule has 18 heavy (non-hydrogen) atoms. The average Bonchev–Trinajstić information content (AvgIpc) is 2.52. The van der Waals surface area contributed by atoms with E-state index in [4.69, 9.17) is 5.73 Å². The van der Waals surface area contributed by atoms with Crippen LogP contribution in [0.4, 0.5) is 5.69 Å². The molecule has 1 aliphatic rings. The third kappa shape index (κ3) is 2.80. The zero-order valence-corrected chi connectivity index (χ0v) is 10.4. The van der Waals surface area contributed by atoms with Crippen LogP contribution < -0.4 is 11.1 Å². The van der Waals surface area contributed by atoms with Gasteiger partial charge >= 0.3 is 0 Å². The van der Waals surface area contributed by atoms with E-state index in [-0.39, 0.29) is 11.8 Å². The molecule has 0 atom stereocenters. The summed E-state index contributed by atoms with van der Waals surface area (Å²) >= 11 is 0. The van der Waals surface area contributed by atoms with Gasteiger partial charge in [0.15, 0.2) is 0 Å². The van der Waals surface area contributed by atoms with E-state index in [1.807, 2.05) is 19.1 Å². The fourth-order valence-corrected chi connectivity index (χ4v) is 2.09. The van der Waals surface area contributed by atoms with E-state index >= 15 is 0 Å². The maximum Gasteiger partial charge on any atom is 0.254 e. The predicted octanol–water partition coefficient (Wildman–Crippen LogP) is 0.539. The van der Waals surface area contributed by atoms with Crippen molar-refractivity contribution in [1.29, 1.82) is 0 Å². The molecule has 5 nitrogen and oxygen atoms in total. The normalized spacial score (nSPS) is 16.1. The molecule has 0 aromatic heterocycles. The molecule has 0 bridgehead atoms. The smallest absolute Gasteiger partial charge is 0.254 e. The largest absolute Gasteiger partial charge is 0.399 e. The number of aryl methyl sites for hydroxylation is 1. The molecular weight excluding hydrogens is 230 g/mol. The number of nitrogens with zero attached hydrogens (tertiary/aromatic N) is 1. The lowest BCUT2D eigenvalue weighted by atomic mass is 10.1. The predicted molar refractivity (Wildman–Crippen MR) is 69.1 cm³/mol. The van der Waals surface area contributed by atoms with Gasteiger partial charge in [-0.2, -0.15) is 0 Å². The van der Waals surface area contributed by atoms with Crippen LogP contribution in [0.5, 0.6) is 0 Å². The number of nitrogens with one attached hydrogen (secondary N) is 1. The van der Waals surface area contributed by atoms with Crippen molar-refractivity contribution >= 4 is 17.5 Å². The first-order valence-electron chi connectivity index (χ1n) is 5.99. The lowest BCUT2D eigenvalue weighted by Crippen LogP contribution is -2.34. The molecule has 1 aromatic carbocycles. The van der Waals surface area contributed by atoms with E-state index in [0.29, 0.717) is 37.3 Å². The first kappa shape index (κ1) is 12.4. The molecule has 1 saturated heterocycles. The number of nitrogens with two attached hydrogens (primary N) is 1. The minimum absolute atomic E-state index is 0.00550. The average molecular weight is 247 g/mol. The van der Waals surface area contributed by atoms with Gasteiger partial charge in [0.05, 0.1) is 0 Å². The highest BCUT2D eigenvalue weighted by Gasteiger charge is 2.19. The molecule has 1 fully saturated rings. The monoisotopic (exact) mass is 247 g/mol. The van der Waals surface area contributed by atoms with Gasteiger partial charge in [0.1, 0.15) is 0 Å². The molecular formula is C13H17N3O2. The van der Waals surface area contributed by atoms with Crippen LogP contribution in [-0.4, -0.2) is 36.3 Å². The zero-order valence-electron chi connectivity index (χ0n) is 10.4. The highest BCUT2D eigenvalue weighted by Crippen LogP contribution is 2.14. The summed E-state index contributed by atoms with van der Waals surface area (Å²) in [4.78, 5) is 25.2. The Kier molecular flexibility index (Phi) is 3.50. The van der Waals surface area contributed by atoms with E-state index in [1.165, 1.54) is 0 Å². The van der Waals surface area contributed by atoms with Crippen molar-refractivity contribution in [2.24, 2.45) is 0 Å². The third-order valence-electron chi connectivity index (χ3n) is 2.95. The second kappa shape index (κ2) is 5.08. The van der Waals surface area contributed by atoms with Crippen LogP contribution in [0.25, 0.3) is 0 Å². The zero-order chi connectivity index (χ0) is 13.1. The van der Waals surface area contributed by atoms with Gasteiger partial charge in [0, 0.05) is 37.3 Å². The minimum atomic E-state index is -0.0677. The fourth-order valence-electron chi connectivity index (χ4n) is 2.09. The van der Waals surface area contributed by atoms with Crippen molar-refractivity contribution in [3.63, 3.8) is 0 Å². The molecule has 2 amide bonds. The van der Waals surface area contributed by atoms with Gasteiger partial charge in [0.25, 0.3) is 5.91 Å². The second-order valence-electron chi connectivity index (χ2n) is 4.52. The molecule has 1 aromatic rings. The lowest BCUT2D eigenvalue weighted by Gasteiger charge is -2.20. The van der Waals surface area contributed by atoms with Crippen molar-refractivity contribution < 1.29 is 9.59 Å². The third-order valence-corrected chi connectivity index (χ3v) is 2.95. The molecule has 0 saturated carbocycles. The summed E-state index contributed by atoms with van der Waals surface area (Å²) in [5.41, 5.74) is 7.87. The summed E-state index contributed by atoms with van der Waals surface area (Å²) in [7, 11) is 0. The Labute approximate surface area is 106 Å². The number of carbonyl (C=O) groups is 2. The quantitative estimate of drug-likeness (QED) is 0.711. The summed E-state index contributed by atoms with van der Waals surface area (Å²) in [5, 5.41) is 2.75. The number of hydrogen-bond donors (Lipinski definition) is 2. The van der Waals surface area contributed by atoms with Crippen LogP contribution in [0, 0.1) is 6.92 Å². The maximum absolute atomic E-state index is 12.3. The second-order valence-corrected chi connectivity index (χ2v) is 4.52. The van der Waals surface area contributed by atoms with Gasteiger partial charge in [-0.25, -0.2) is 0 Å². The Morgan fingerprint density at radius 3 is 2.83 bits per heavy atom. The van der Waals surface area contributed by atoms with Crippen LogP contribution in [-0.2, 0) is 4.79 Å². The maximum atomic E-state index is 12.3. The van der Waals surface area contributed by atoms with E-state index in [1.54, 1.807) is 11.0 Å². The van der Waals surface area contributed by atoms with Crippen LogP contribution in [0.15, 0.2) is 18.2 Å². The van der Waals surface area contributed by atoms with Gasteiger partial charge in [-0.05, 0) is 30.7 Å². The van der Waals surface area contributed by atoms with E-state index < -0.39 is 0 Å². The highest BCUT2D eigenvalue weighted by atomic mass is 16.2. The fraction of sp³-hybridized carbons (Fsp3) is 0.385. The number of hydrogen-bond acceptors (Lipinski definition) is 3. The number of benzene rings is 1. The Balaban J connectivity index is 2.17. The molecule has 1 heterocycles. The van der Waals surface area contributed by atoms with Crippen molar-refractivity contribution in [3.05, 3.63) is 29.3 Å². The first-order valence-corrected chi connectivity index (χ1v) is 5.99. The topological polar surface area (TPSA) is 75.4 Å². The molecule has 96 valence electrons. The molecule has 0 unspecified atom stereocenters. The number of carbonyl (C=O) groups excluding carboxylic acids is 2. The molecule has 0 radical (unpaired) electrons. The van der Waals surface area contributed by atoms with Crippen molar-refractivity contribution in [2.45, 2.75) is 13.3 Å². The van der Waals surface area contributed by atoms with Crippen molar-refractivity contribution in [3.8, 4) is 0 Å². The van der Waals surface area contributed by atoms with Gasteiger partial charge in [0.2, 0.25) is 5.91 Å². The number of anilines is 1. The summed E-state index contributed by atoms with van der Waals surface area (Å²) in [5.74, 6) is -0.0732. The molecule has 0 aliphatic carbocycles. The van der Waals surface area contributed by atoms with Crippen molar-refractivity contribution in [2.75, 3.05) is 25.4 Å².